The van der Waals surface area contributed by atoms with Crippen LogP contribution in [0.4, 0.5) is 0 Å². The molecule has 0 amide bonds. The molecule has 0 aromatic rings. The van der Waals surface area contributed by atoms with Crippen LogP contribution < -0.4 is 5.32 Å². The third-order valence-electron chi connectivity index (χ3n) is 4.17. The molecule has 3 heteroatoms. The summed E-state index contributed by atoms with van der Waals surface area (Å²) >= 11 is 0. The Balaban J connectivity index is 2.56. The van der Waals surface area contributed by atoms with Gasteiger partial charge in [-0.05, 0) is 33.1 Å². The summed E-state index contributed by atoms with van der Waals surface area (Å²) < 4.78 is 5.54. The molecule has 1 rings (SSSR count). The summed E-state index contributed by atoms with van der Waals surface area (Å²) in [5.41, 5.74) is -0.370. The van der Waals surface area contributed by atoms with Crippen LogP contribution in [0.2, 0.25) is 0 Å². The zero-order valence-corrected chi connectivity index (χ0v) is 11.3. The van der Waals surface area contributed by atoms with Crippen molar-refractivity contribution in [2.75, 3.05) is 13.7 Å². The number of hydrogen-bond acceptors (Lipinski definition) is 3. The van der Waals surface area contributed by atoms with Crippen LogP contribution >= 0.6 is 0 Å². The number of nitrogens with one attached hydrogen (secondary N) is 1. The van der Waals surface area contributed by atoms with Crippen LogP contribution in [0.25, 0.3) is 0 Å². The van der Waals surface area contributed by atoms with Crippen molar-refractivity contribution < 1.29 is 9.84 Å². The van der Waals surface area contributed by atoms with Crippen molar-refractivity contribution in [3.05, 3.63) is 0 Å². The Hall–Kier alpha value is -0.120. The Morgan fingerprint density at radius 2 is 1.94 bits per heavy atom. The maximum Gasteiger partial charge on any atom is 0.0715 e. The molecule has 1 fully saturated rings. The van der Waals surface area contributed by atoms with Gasteiger partial charge in [0.1, 0.15) is 0 Å². The number of methoxy groups -OCH3 is 1. The molecule has 2 atom stereocenters. The monoisotopic (exact) mass is 229 g/mol. The molecular weight excluding hydrogens is 202 g/mol. The van der Waals surface area contributed by atoms with Crippen LogP contribution in [0, 0.1) is 5.41 Å². The van der Waals surface area contributed by atoms with E-state index in [4.69, 9.17) is 4.74 Å². The summed E-state index contributed by atoms with van der Waals surface area (Å²) in [4.78, 5) is 0. The number of aliphatic hydroxyl groups is 1. The summed E-state index contributed by atoms with van der Waals surface area (Å²) in [5, 5.41) is 13.2. The number of hydrogen-bond donors (Lipinski definition) is 2. The van der Waals surface area contributed by atoms with E-state index < -0.39 is 5.60 Å². The highest BCUT2D eigenvalue weighted by molar-refractivity contribution is 5.06. The Labute approximate surface area is 99.6 Å². The molecule has 2 N–H and O–H groups in total. The minimum atomic E-state index is -0.634. The van der Waals surface area contributed by atoms with E-state index >= 15 is 0 Å². The molecule has 0 aliphatic heterocycles. The largest absolute Gasteiger partial charge is 0.389 e. The highest BCUT2D eigenvalue weighted by Gasteiger charge is 2.52. The summed E-state index contributed by atoms with van der Waals surface area (Å²) in [6.45, 7) is 8.79. The van der Waals surface area contributed by atoms with E-state index in [9.17, 15) is 5.11 Å². The van der Waals surface area contributed by atoms with E-state index in [-0.39, 0.29) is 5.41 Å². The molecule has 1 aliphatic rings. The average Bonchev–Trinajstić information content (AvgIpc) is 2.17. The van der Waals surface area contributed by atoms with Crippen molar-refractivity contribution in [3.63, 3.8) is 0 Å². The highest BCUT2D eigenvalue weighted by Crippen LogP contribution is 2.48. The van der Waals surface area contributed by atoms with Gasteiger partial charge < -0.3 is 15.2 Å². The van der Waals surface area contributed by atoms with Crippen LogP contribution in [-0.2, 0) is 4.74 Å². The van der Waals surface area contributed by atoms with Gasteiger partial charge in [-0.3, -0.25) is 0 Å². The molecule has 3 nitrogen and oxygen atoms in total. The third kappa shape index (κ3) is 2.58. The lowest BCUT2D eigenvalue weighted by atomic mass is 9.58. The molecule has 16 heavy (non-hydrogen) atoms. The summed E-state index contributed by atoms with van der Waals surface area (Å²) in [6, 6.07) is 0.485. The Morgan fingerprint density at radius 1 is 1.38 bits per heavy atom. The van der Waals surface area contributed by atoms with Gasteiger partial charge in [0.25, 0.3) is 0 Å². The molecule has 0 spiro atoms. The minimum absolute atomic E-state index is 0.264. The van der Waals surface area contributed by atoms with Crippen molar-refractivity contribution in [2.45, 2.75) is 64.7 Å². The lowest BCUT2D eigenvalue weighted by Gasteiger charge is -2.55. The quantitative estimate of drug-likeness (QED) is 0.731. The zero-order valence-electron chi connectivity index (χ0n) is 11.3. The zero-order chi connectivity index (χ0) is 12.4. The first-order chi connectivity index (χ1) is 7.39. The Morgan fingerprint density at radius 3 is 2.31 bits per heavy atom. The van der Waals surface area contributed by atoms with Gasteiger partial charge in [0, 0.05) is 25.1 Å². The van der Waals surface area contributed by atoms with Crippen LogP contribution in [0.5, 0.6) is 0 Å². The smallest absolute Gasteiger partial charge is 0.0715 e. The van der Waals surface area contributed by atoms with E-state index in [1.807, 2.05) is 13.8 Å². The standard InChI is InChI=1S/C13H27NO2/c1-6-13(7-2)10(8-11(13)16-5)14-9-12(3,4)15/h10-11,14-15H,6-9H2,1-5H3. The van der Waals surface area contributed by atoms with Gasteiger partial charge in [0.05, 0.1) is 11.7 Å². The first kappa shape index (κ1) is 13.9. The molecular formula is C13H27NO2. The minimum Gasteiger partial charge on any atom is -0.389 e. The lowest BCUT2D eigenvalue weighted by Crippen LogP contribution is -2.64. The highest BCUT2D eigenvalue weighted by atomic mass is 16.5. The molecule has 0 aromatic heterocycles. The number of ether oxygens (including phenoxy) is 1. The van der Waals surface area contributed by atoms with Gasteiger partial charge in [0.2, 0.25) is 0 Å². The molecule has 0 radical (unpaired) electrons. The second-order valence-corrected chi connectivity index (χ2v) is 5.65. The van der Waals surface area contributed by atoms with Crippen molar-refractivity contribution in [1.82, 2.24) is 5.32 Å². The van der Waals surface area contributed by atoms with Crippen LogP contribution in [0.15, 0.2) is 0 Å². The predicted molar refractivity (Wildman–Crippen MR) is 66.5 cm³/mol. The van der Waals surface area contributed by atoms with Gasteiger partial charge in [-0.2, -0.15) is 0 Å². The summed E-state index contributed by atoms with van der Waals surface area (Å²) in [7, 11) is 1.80. The summed E-state index contributed by atoms with van der Waals surface area (Å²) in [5.74, 6) is 0. The normalized spacial score (nSPS) is 28.9. The fourth-order valence-corrected chi connectivity index (χ4v) is 2.94. The third-order valence-corrected chi connectivity index (χ3v) is 4.17. The molecule has 1 aliphatic carbocycles. The molecule has 96 valence electrons. The molecule has 0 bridgehead atoms. The molecule has 1 saturated carbocycles. The predicted octanol–water partition coefficient (Wildman–Crippen LogP) is 1.94. The maximum atomic E-state index is 9.73. The van der Waals surface area contributed by atoms with E-state index in [0.29, 0.717) is 18.7 Å². The first-order valence-electron chi connectivity index (χ1n) is 6.38. The fourth-order valence-electron chi connectivity index (χ4n) is 2.94. The second kappa shape index (κ2) is 5.03. The van der Waals surface area contributed by atoms with Crippen molar-refractivity contribution in [2.24, 2.45) is 5.41 Å². The maximum absolute atomic E-state index is 9.73. The molecule has 0 heterocycles. The van der Waals surface area contributed by atoms with Gasteiger partial charge in [0.15, 0.2) is 0 Å². The first-order valence-corrected chi connectivity index (χ1v) is 6.38. The van der Waals surface area contributed by atoms with E-state index in [0.717, 1.165) is 19.3 Å². The van der Waals surface area contributed by atoms with Gasteiger partial charge in [-0.15, -0.1) is 0 Å². The fraction of sp³-hybridized carbons (Fsp3) is 1.00. The van der Waals surface area contributed by atoms with Crippen LogP contribution in [0.3, 0.4) is 0 Å². The SMILES string of the molecule is CCC1(CC)C(NCC(C)(C)O)CC1OC. The molecule has 2 unspecified atom stereocenters. The van der Waals surface area contributed by atoms with E-state index in [1.165, 1.54) is 0 Å². The van der Waals surface area contributed by atoms with Gasteiger partial charge in [-0.1, -0.05) is 13.8 Å². The lowest BCUT2D eigenvalue weighted by molar-refractivity contribution is -0.126. The van der Waals surface area contributed by atoms with E-state index in [2.05, 4.69) is 19.2 Å². The van der Waals surface area contributed by atoms with Crippen LogP contribution in [-0.4, -0.2) is 36.5 Å². The van der Waals surface area contributed by atoms with Gasteiger partial charge >= 0.3 is 0 Å². The van der Waals surface area contributed by atoms with E-state index in [1.54, 1.807) is 7.11 Å². The Kier molecular flexibility index (Phi) is 4.38. The topological polar surface area (TPSA) is 41.5 Å². The van der Waals surface area contributed by atoms with Crippen molar-refractivity contribution in [3.8, 4) is 0 Å². The molecule has 0 saturated heterocycles. The van der Waals surface area contributed by atoms with Gasteiger partial charge in [-0.25, -0.2) is 0 Å². The molecule has 0 aromatic carbocycles. The second-order valence-electron chi connectivity index (χ2n) is 5.65. The number of rotatable bonds is 6. The Bertz CT molecular complexity index is 218. The van der Waals surface area contributed by atoms with Crippen LogP contribution in [0.1, 0.15) is 47.0 Å². The van der Waals surface area contributed by atoms with Crippen molar-refractivity contribution >= 4 is 0 Å². The van der Waals surface area contributed by atoms with Crippen molar-refractivity contribution in [1.29, 1.82) is 0 Å². The average molecular weight is 229 g/mol. The summed E-state index contributed by atoms with van der Waals surface area (Å²) in [6.07, 6.45) is 3.70.